The predicted molar refractivity (Wildman–Crippen MR) is 54.3 cm³/mol. The van der Waals surface area contributed by atoms with Crippen molar-refractivity contribution in [3.05, 3.63) is 12.2 Å². The van der Waals surface area contributed by atoms with Crippen LogP contribution in [0.1, 0.15) is 19.8 Å². The molecule has 2 aliphatic rings. The zero-order valence-corrected chi connectivity index (χ0v) is 10.3. The van der Waals surface area contributed by atoms with Gasteiger partial charge in [0.15, 0.2) is 0 Å². The quantitative estimate of drug-likeness (QED) is 0.483. The van der Waals surface area contributed by atoms with Gasteiger partial charge in [0.1, 0.15) is 12.1 Å². The fraction of sp³-hybridized carbons (Fsp3) is 0.818. The first kappa shape index (κ1) is 13.0. The number of rotatable bonds is 2. The molecule has 1 saturated heterocycles. The monoisotopic (exact) mass is 233 g/mol. The van der Waals surface area contributed by atoms with Gasteiger partial charge < -0.3 is 27.2 Å². The number of aliphatic hydroxyl groups excluding tert-OH is 1. The summed E-state index contributed by atoms with van der Waals surface area (Å²) in [5, 5.41) is 9.80. The lowest BCUT2D eigenvalue weighted by atomic mass is 9.90. The largest absolute Gasteiger partial charge is 1.00 e. The van der Waals surface area contributed by atoms with Crippen LogP contribution < -0.4 is 17.3 Å². The highest BCUT2D eigenvalue weighted by molar-refractivity contribution is 5.21. The summed E-state index contributed by atoms with van der Waals surface area (Å²) in [7, 11) is 4.23. The summed E-state index contributed by atoms with van der Waals surface area (Å²) >= 11 is 0. The zero-order chi connectivity index (χ0) is 10.4. The van der Waals surface area contributed by atoms with E-state index in [0.29, 0.717) is 0 Å². The van der Waals surface area contributed by atoms with Crippen molar-refractivity contribution in [3.63, 3.8) is 0 Å². The van der Waals surface area contributed by atoms with Crippen molar-refractivity contribution >= 4 is 0 Å². The summed E-state index contributed by atoms with van der Waals surface area (Å²) in [5.74, 6) is 0. The summed E-state index contributed by atoms with van der Waals surface area (Å²) < 4.78 is 6.06. The normalized spacial score (nSPS) is 43.1. The van der Waals surface area contributed by atoms with Crippen LogP contribution in [0.2, 0.25) is 0 Å². The molecular formula is C11H20ClNO2. The van der Waals surface area contributed by atoms with Gasteiger partial charge in [0.25, 0.3) is 0 Å². The van der Waals surface area contributed by atoms with Crippen LogP contribution in [-0.4, -0.2) is 43.1 Å². The number of ether oxygens (including phenoxy) is 1. The van der Waals surface area contributed by atoms with E-state index in [9.17, 15) is 5.11 Å². The maximum atomic E-state index is 9.80. The minimum Gasteiger partial charge on any atom is -1.00 e. The number of likely N-dealkylation sites (N-methyl/N-ethyl adjacent to an activating group) is 1. The topological polar surface area (TPSA) is 33.9 Å². The van der Waals surface area contributed by atoms with Crippen LogP contribution in [0.5, 0.6) is 0 Å². The van der Waals surface area contributed by atoms with E-state index in [0.717, 1.165) is 19.4 Å². The second-order valence-electron chi connectivity index (χ2n) is 5.26. The van der Waals surface area contributed by atoms with Crippen molar-refractivity contribution in [1.29, 1.82) is 0 Å². The molecule has 88 valence electrons. The van der Waals surface area contributed by atoms with Gasteiger partial charge in [0.05, 0.1) is 25.8 Å². The van der Waals surface area contributed by atoms with E-state index in [1.807, 2.05) is 0 Å². The highest BCUT2D eigenvalue weighted by atomic mass is 35.5. The molecule has 0 amide bonds. The molecule has 1 fully saturated rings. The molecule has 2 N–H and O–H groups in total. The first-order chi connectivity index (χ1) is 6.43. The van der Waals surface area contributed by atoms with Gasteiger partial charge in [-0.25, -0.2) is 0 Å². The van der Waals surface area contributed by atoms with Crippen molar-refractivity contribution in [3.8, 4) is 0 Å². The first-order valence-electron chi connectivity index (χ1n) is 5.31. The summed E-state index contributed by atoms with van der Waals surface area (Å²) in [4.78, 5) is 1.35. The molecule has 0 aromatic heterocycles. The average Bonchev–Trinajstić information content (AvgIpc) is 2.19. The molecule has 1 unspecified atom stereocenters. The molecule has 0 aromatic rings. The Morgan fingerprint density at radius 1 is 1.40 bits per heavy atom. The van der Waals surface area contributed by atoms with E-state index in [-0.39, 0.29) is 29.7 Å². The molecule has 2 bridgehead atoms. The molecule has 4 heteroatoms. The highest BCUT2D eigenvalue weighted by Gasteiger charge is 2.50. The van der Waals surface area contributed by atoms with E-state index in [4.69, 9.17) is 4.74 Å². The fourth-order valence-electron chi connectivity index (χ4n) is 2.78. The third kappa shape index (κ3) is 2.53. The van der Waals surface area contributed by atoms with E-state index >= 15 is 0 Å². The van der Waals surface area contributed by atoms with Gasteiger partial charge in [0, 0.05) is 12.8 Å². The molecular weight excluding hydrogens is 214 g/mol. The predicted octanol–water partition coefficient (Wildman–Crippen LogP) is -3.63. The Morgan fingerprint density at radius 3 is 2.67 bits per heavy atom. The van der Waals surface area contributed by atoms with E-state index in [2.05, 4.69) is 33.2 Å². The molecule has 0 aromatic carbocycles. The Bertz CT molecular complexity index is 265. The molecule has 2 heterocycles. The van der Waals surface area contributed by atoms with Gasteiger partial charge in [-0.2, -0.15) is 0 Å². The molecule has 15 heavy (non-hydrogen) atoms. The molecule has 0 saturated carbocycles. The second kappa shape index (κ2) is 4.06. The molecule has 3 atom stereocenters. The molecule has 0 radical (unpaired) electrons. The number of nitrogens with one attached hydrogen (secondary N) is 1. The zero-order valence-electron chi connectivity index (χ0n) is 9.59. The minimum absolute atomic E-state index is 0. The molecule has 0 spiro atoms. The SMILES string of the molecule is C[NH+](C)C[C@]12C=CC(C)(C[C@H](O)C1)O2.[Cl-]. The standard InChI is InChI=1S/C11H19NO2.ClH/c1-10-4-5-11(14-10,8-12(2)3)7-9(13)6-10;/h4-5,9,13H,6-8H2,1-3H3;1H/t9-,10?,11-;/m0./s1. The van der Waals surface area contributed by atoms with E-state index in [1.165, 1.54) is 4.90 Å². The number of halogens is 1. The molecule has 3 nitrogen and oxygen atoms in total. The highest BCUT2D eigenvalue weighted by Crippen LogP contribution is 2.42. The van der Waals surface area contributed by atoms with Crippen LogP contribution in [0.25, 0.3) is 0 Å². The molecule has 2 aliphatic heterocycles. The molecule has 0 aliphatic carbocycles. The minimum atomic E-state index is -0.229. The van der Waals surface area contributed by atoms with Gasteiger partial charge in [-0.3, -0.25) is 0 Å². The Morgan fingerprint density at radius 2 is 2.07 bits per heavy atom. The summed E-state index contributed by atoms with van der Waals surface area (Å²) in [6.07, 6.45) is 5.52. The Kier molecular flexibility index (Phi) is 3.51. The van der Waals surface area contributed by atoms with Crippen LogP contribution >= 0.6 is 0 Å². The van der Waals surface area contributed by atoms with Crippen LogP contribution in [0, 0.1) is 0 Å². The third-order valence-electron chi connectivity index (χ3n) is 3.05. The van der Waals surface area contributed by atoms with Gasteiger partial charge in [-0.15, -0.1) is 0 Å². The smallest absolute Gasteiger partial charge is 0.138 e. The van der Waals surface area contributed by atoms with Gasteiger partial charge in [-0.05, 0) is 13.0 Å². The fourth-order valence-corrected chi connectivity index (χ4v) is 2.78. The third-order valence-corrected chi connectivity index (χ3v) is 3.05. The van der Waals surface area contributed by atoms with Crippen molar-refractivity contribution in [2.24, 2.45) is 0 Å². The second-order valence-corrected chi connectivity index (χ2v) is 5.26. The van der Waals surface area contributed by atoms with Gasteiger partial charge >= 0.3 is 0 Å². The van der Waals surface area contributed by atoms with E-state index in [1.54, 1.807) is 0 Å². The maximum Gasteiger partial charge on any atom is 0.138 e. The number of quaternary nitrogens is 1. The number of fused-ring (bicyclic) bond motifs is 2. The average molecular weight is 234 g/mol. The van der Waals surface area contributed by atoms with Crippen LogP contribution in [0.3, 0.4) is 0 Å². The number of hydrogen-bond donors (Lipinski definition) is 2. The van der Waals surface area contributed by atoms with Crippen molar-refractivity contribution in [2.45, 2.75) is 37.1 Å². The van der Waals surface area contributed by atoms with Gasteiger partial charge in [0.2, 0.25) is 0 Å². The van der Waals surface area contributed by atoms with Gasteiger partial charge in [-0.1, -0.05) is 6.08 Å². The van der Waals surface area contributed by atoms with Crippen LogP contribution in [0.4, 0.5) is 0 Å². The van der Waals surface area contributed by atoms with Crippen LogP contribution in [-0.2, 0) is 4.74 Å². The Labute approximate surface area is 97.5 Å². The number of aliphatic hydroxyl groups is 1. The number of hydrogen-bond acceptors (Lipinski definition) is 2. The Balaban J connectivity index is 0.00000112. The van der Waals surface area contributed by atoms with Crippen LogP contribution in [0.15, 0.2) is 12.2 Å². The lowest BCUT2D eigenvalue weighted by Crippen LogP contribution is -3.08. The van der Waals surface area contributed by atoms with Crippen molar-refractivity contribution < 1.29 is 27.2 Å². The van der Waals surface area contributed by atoms with Crippen molar-refractivity contribution in [1.82, 2.24) is 0 Å². The summed E-state index contributed by atoms with van der Waals surface area (Å²) in [5.41, 5.74) is -0.446. The van der Waals surface area contributed by atoms with Crippen molar-refractivity contribution in [2.75, 3.05) is 20.6 Å². The first-order valence-corrected chi connectivity index (χ1v) is 5.31. The lowest BCUT2D eigenvalue weighted by molar-refractivity contribution is -0.865. The molecule has 2 rings (SSSR count). The maximum absolute atomic E-state index is 9.80. The Hall–Kier alpha value is -0.0900. The summed E-state index contributed by atoms with van der Waals surface area (Å²) in [6.45, 7) is 2.98. The lowest BCUT2D eigenvalue weighted by Gasteiger charge is -2.40. The summed E-state index contributed by atoms with van der Waals surface area (Å²) in [6, 6.07) is 0. The van der Waals surface area contributed by atoms with E-state index < -0.39 is 0 Å².